The van der Waals surface area contributed by atoms with Crippen molar-refractivity contribution in [1.82, 2.24) is 5.32 Å². The summed E-state index contributed by atoms with van der Waals surface area (Å²) in [7, 11) is 0. The van der Waals surface area contributed by atoms with Gasteiger partial charge in [0.15, 0.2) is 0 Å². The third-order valence-electron chi connectivity index (χ3n) is 5.31. The van der Waals surface area contributed by atoms with Crippen molar-refractivity contribution in [3.8, 4) is 0 Å². The number of para-hydroxylation sites is 2. The Morgan fingerprint density at radius 3 is 1.50 bits per heavy atom. The summed E-state index contributed by atoms with van der Waals surface area (Å²) in [5.74, 6) is -0.655. The summed E-state index contributed by atoms with van der Waals surface area (Å²) in [4.78, 5) is 29.0. The number of rotatable bonds is 2. The molecule has 2 aliphatic rings. The van der Waals surface area contributed by atoms with Gasteiger partial charge in [-0.3, -0.25) is 14.9 Å². The van der Waals surface area contributed by atoms with Crippen LogP contribution in [0.4, 0.5) is 22.7 Å². The van der Waals surface area contributed by atoms with Crippen LogP contribution in [0.15, 0.2) is 72.8 Å². The van der Waals surface area contributed by atoms with Gasteiger partial charge >= 0.3 is 0 Å². The standard InChI is InChI=1S/C23H19N3O2/c27-22-18-14-20-21(15-19(18)23(28)24-22)26(17-10-5-2-6-11-17)13-7-12-25(20)16-8-3-1-4-9-16/h1-6,8-11,14-15H,7,12-13H2,(H,24,27,28). The van der Waals surface area contributed by atoms with E-state index in [1.54, 1.807) is 0 Å². The fourth-order valence-corrected chi connectivity index (χ4v) is 4.00. The number of benzene rings is 3. The van der Waals surface area contributed by atoms with E-state index in [0.29, 0.717) is 11.1 Å². The van der Waals surface area contributed by atoms with Crippen LogP contribution in [0.25, 0.3) is 0 Å². The first-order chi connectivity index (χ1) is 13.7. The van der Waals surface area contributed by atoms with Gasteiger partial charge in [0.1, 0.15) is 0 Å². The van der Waals surface area contributed by atoms with Crippen LogP contribution in [0.3, 0.4) is 0 Å². The number of carbonyl (C=O) groups is 2. The van der Waals surface area contributed by atoms with E-state index >= 15 is 0 Å². The van der Waals surface area contributed by atoms with Crippen molar-refractivity contribution in [2.24, 2.45) is 0 Å². The third-order valence-corrected chi connectivity index (χ3v) is 5.31. The Morgan fingerprint density at radius 2 is 1.07 bits per heavy atom. The third kappa shape index (κ3) is 2.63. The second-order valence-corrected chi connectivity index (χ2v) is 7.00. The highest BCUT2D eigenvalue weighted by Gasteiger charge is 2.32. The smallest absolute Gasteiger partial charge is 0.259 e. The maximum atomic E-state index is 12.3. The fourth-order valence-electron chi connectivity index (χ4n) is 4.00. The molecule has 138 valence electrons. The molecule has 3 aromatic rings. The van der Waals surface area contributed by atoms with E-state index in [4.69, 9.17) is 0 Å². The SMILES string of the molecule is O=C1NC(=O)c2cc3c(cc21)N(c1ccccc1)CCCN3c1ccccc1. The van der Waals surface area contributed by atoms with Crippen molar-refractivity contribution < 1.29 is 9.59 Å². The number of hydrogen-bond acceptors (Lipinski definition) is 4. The second kappa shape index (κ2) is 6.53. The molecule has 28 heavy (non-hydrogen) atoms. The highest BCUT2D eigenvalue weighted by Crippen LogP contribution is 2.42. The molecular formula is C23H19N3O2. The molecule has 0 fully saturated rings. The van der Waals surface area contributed by atoms with Crippen LogP contribution in [-0.4, -0.2) is 24.9 Å². The molecule has 2 heterocycles. The number of nitrogens with one attached hydrogen (secondary N) is 1. The Labute approximate surface area is 163 Å². The highest BCUT2D eigenvalue weighted by atomic mass is 16.2. The molecule has 5 heteroatoms. The Kier molecular flexibility index (Phi) is 3.86. The van der Waals surface area contributed by atoms with Crippen molar-refractivity contribution in [3.63, 3.8) is 0 Å². The van der Waals surface area contributed by atoms with Gasteiger partial charge in [0.2, 0.25) is 0 Å². The van der Waals surface area contributed by atoms with E-state index in [2.05, 4.69) is 39.4 Å². The summed E-state index contributed by atoms with van der Waals surface area (Å²) >= 11 is 0. The van der Waals surface area contributed by atoms with E-state index in [1.165, 1.54) is 0 Å². The molecule has 0 aromatic heterocycles. The second-order valence-electron chi connectivity index (χ2n) is 7.00. The van der Waals surface area contributed by atoms with Crippen molar-refractivity contribution >= 4 is 34.6 Å². The van der Waals surface area contributed by atoms with E-state index < -0.39 is 0 Å². The fraction of sp³-hybridized carbons (Fsp3) is 0.130. The molecule has 5 rings (SSSR count). The molecule has 0 saturated heterocycles. The van der Waals surface area contributed by atoms with Crippen LogP contribution < -0.4 is 15.1 Å². The highest BCUT2D eigenvalue weighted by molar-refractivity contribution is 6.22. The molecule has 2 aliphatic heterocycles. The molecule has 0 spiro atoms. The van der Waals surface area contributed by atoms with E-state index in [-0.39, 0.29) is 11.8 Å². The largest absolute Gasteiger partial charge is 0.340 e. The summed E-state index contributed by atoms with van der Waals surface area (Å²) < 4.78 is 0. The first-order valence-electron chi connectivity index (χ1n) is 9.41. The van der Waals surface area contributed by atoms with Crippen LogP contribution in [0.2, 0.25) is 0 Å². The minimum Gasteiger partial charge on any atom is -0.340 e. The lowest BCUT2D eigenvalue weighted by Gasteiger charge is -2.28. The summed E-state index contributed by atoms with van der Waals surface area (Å²) in [6.07, 6.45) is 0.948. The molecule has 0 aliphatic carbocycles. The van der Waals surface area contributed by atoms with E-state index in [1.807, 2.05) is 48.5 Å². The topological polar surface area (TPSA) is 52.7 Å². The van der Waals surface area contributed by atoms with Gasteiger partial charge in [-0.05, 0) is 42.8 Å². The monoisotopic (exact) mass is 369 g/mol. The van der Waals surface area contributed by atoms with Crippen LogP contribution in [0, 0.1) is 0 Å². The van der Waals surface area contributed by atoms with Gasteiger partial charge in [-0.2, -0.15) is 0 Å². The maximum absolute atomic E-state index is 12.3. The van der Waals surface area contributed by atoms with Gasteiger partial charge in [-0.15, -0.1) is 0 Å². The minimum absolute atomic E-state index is 0.327. The van der Waals surface area contributed by atoms with Crippen LogP contribution in [0.1, 0.15) is 27.1 Å². The molecular weight excluding hydrogens is 350 g/mol. The zero-order chi connectivity index (χ0) is 19.1. The predicted molar refractivity (Wildman–Crippen MR) is 110 cm³/mol. The van der Waals surface area contributed by atoms with Crippen molar-refractivity contribution in [3.05, 3.63) is 83.9 Å². The van der Waals surface area contributed by atoms with Crippen LogP contribution >= 0.6 is 0 Å². The number of amides is 2. The number of carbonyl (C=O) groups excluding carboxylic acids is 2. The molecule has 1 N–H and O–H groups in total. The molecule has 5 nitrogen and oxygen atoms in total. The number of nitrogens with zero attached hydrogens (tertiary/aromatic N) is 2. The van der Waals surface area contributed by atoms with Crippen LogP contribution in [-0.2, 0) is 0 Å². The van der Waals surface area contributed by atoms with Crippen molar-refractivity contribution in [2.45, 2.75) is 6.42 Å². The quantitative estimate of drug-likeness (QED) is 0.686. The van der Waals surface area contributed by atoms with Gasteiger partial charge in [0.25, 0.3) is 11.8 Å². The molecule has 0 bridgehead atoms. The molecule has 0 atom stereocenters. The molecule has 0 saturated carbocycles. The molecule has 3 aromatic carbocycles. The zero-order valence-corrected chi connectivity index (χ0v) is 15.3. The summed E-state index contributed by atoms with van der Waals surface area (Å²) in [6.45, 7) is 1.66. The number of hydrogen-bond donors (Lipinski definition) is 1. The van der Waals surface area contributed by atoms with E-state index in [0.717, 1.165) is 42.3 Å². The Balaban J connectivity index is 1.73. The average molecular weight is 369 g/mol. The number of anilines is 4. The Morgan fingerprint density at radius 1 is 0.643 bits per heavy atom. The zero-order valence-electron chi connectivity index (χ0n) is 15.3. The first kappa shape index (κ1) is 16.6. The minimum atomic E-state index is -0.327. The molecule has 2 amide bonds. The Hall–Kier alpha value is -3.60. The number of fused-ring (bicyclic) bond motifs is 2. The van der Waals surface area contributed by atoms with Gasteiger partial charge in [0.05, 0.1) is 22.5 Å². The van der Waals surface area contributed by atoms with Gasteiger partial charge in [0, 0.05) is 24.5 Å². The van der Waals surface area contributed by atoms with Crippen LogP contribution in [0.5, 0.6) is 0 Å². The average Bonchev–Trinajstić information content (AvgIpc) is 2.90. The van der Waals surface area contributed by atoms with Crippen molar-refractivity contribution in [1.29, 1.82) is 0 Å². The normalized spacial score (nSPS) is 15.7. The first-order valence-corrected chi connectivity index (χ1v) is 9.41. The lowest BCUT2D eigenvalue weighted by Crippen LogP contribution is -2.20. The Bertz CT molecular complexity index is 979. The van der Waals surface area contributed by atoms with Gasteiger partial charge in [-0.1, -0.05) is 36.4 Å². The molecule has 0 radical (unpaired) electrons. The summed E-state index contributed by atoms with van der Waals surface area (Å²) in [6, 6.07) is 24.0. The lowest BCUT2D eigenvalue weighted by molar-refractivity contribution is 0.0879. The lowest BCUT2D eigenvalue weighted by atomic mass is 10.0. The van der Waals surface area contributed by atoms with Gasteiger partial charge in [-0.25, -0.2) is 0 Å². The molecule has 0 unspecified atom stereocenters. The summed E-state index contributed by atoms with van der Waals surface area (Å²) in [5.41, 5.74) is 4.91. The number of imide groups is 1. The summed E-state index contributed by atoms with van der Waals surface area (Å²) in [5, 5.41) is 2.42. The van der Waals surface area contributed by atoms with Gasteiger partial charge < -0.3 is 9.80 Å². The van der Waals surface area contributed by atoms with Crippen molar-refractivity contribution in [2.75, 3.05) is 22.9 Å². The van der Waals surface area contributed by atoms with E-state index in [9.17, 15) is 9.59 Å². The maximum Gasteiger partial charge on any atom is 0.259 e. The predicted octanol–water partition coefficient (Wildman–Crippen LogP) is 4.25.